The standard InChI is InChI=1S/C10H20.C10H18.2C9H19N.C8H16O.C7H15N.C6H14N2/c2*1-10(2,3)9-7-5-4-6-8-9;2*1-9(2,3)10-7-5-4-6-8-10;1-8(2,3)7-4-5-9-6-7;1-7(2,3)8-5-4-6-8;1-8-5-2-3-7-4-6-8/h9H,4-8H2,1-3H3;7H,4-6,8H2,1-3H3;2*4-8H2,1-3H3;7H,4-6H2,1-3H3;4-6H2,1-3H3;7H,2-6H2,1H3. The minimum absolute atomic E-state index is 0.403. The van der Waals surface area contributed by atoms with E-state index in [9.17, 15) is 0 Å². The molecule has 0 aromatic heterocycles. The molecule has 0 spiro atoms. The van der Waals surface area contributed by atoms with Crippen LogP contribution < -0.4 is 5.32 Å². The lowest BCUT2D eigenvalue weighted by Crippen LogP contribution is -2.49. The molecule has 0 aromatic rings. The van der Waals surface area contributed by atoms with Gasteiger partial charge in [-0.1, -0.05) is 106 Å². The van der Waals surface area contributed by atoms with Crippen molar-refractivity contribution in [3.05, 3.63) is 11.6 Å². The fraction of sp³-hybridized carbons (Fsp3) is 0.966. The average molecular weight is 917 g/mol. The molecule has 5 heterocycles. The van der Waals surface area contributed by atoms with E-state index in [1.165, 1.54) is 174 Å². The maximum atomic E-state index is 5.28. The van der Waals surface area contributed by atoms with Crippen LogP contribution >= 0.6 is 0 Å². The molecule has 1 N–H and O–H groups in total. The van der Waals surface area contributed by atoms with Crippen molar-refractivity contribution in [2.45, 2.75) is 257 Å². The van der Waals surface area contributed by atoms with Gasteiger partial charge in [-0.05, 0) is 233 Å². The zero-order valence-corrected chi connectivity index (χ0v) is 48.1. The van der Waals surface area contributed by atoms with Gasteiger partial charge in [0, 0.05) is 42.9 Å². The van der Waals surface area contributed by atoms with Gasteiger partial charge in [-0.2, -0.15) is 0 Å². The van der Waals surface area contributed by atoms with E-state index in [0.29, 0.717) is 32.9 Å². The highest BCUT2D eigenvalue weighted by atomic mass is 16.5. The first kappa shape index (κ1) is 62.5. The Labute approximate surface area is 410 Å². The Morgan fingerprint density at radius 1 is 0.446 bits per heavy atom. The van der Waals surface area contributed by atoms with E-state index in [0.717, 1.165) is 31.6 Å². The zero-order chi connectivity index (χ0) is 49.4. The molecule has 0 radical (unpaired) electrons. The monoisotopic (exact) mass is 916 g/mol. The summed E-state index contributed by atoms with van der Waals surface area (Å²) in [6.45, 7) is 56.2. The highest BCUT2D eigenvalue weighted by Crippen LogP contribution is 2.37. The van der Waals surface area contributed by atoms with Gasteiger partial charge >= 0.3 is 0 Å². The lowest BCUT2D eigenvalue weighted by Gasteiger charge is -2.42. The third-order valence-corrected chi connectivity index (χ3v) is 15.2. The van der Waals surface area contributed by atoms with Gasteiger partial charge in [-0.3, -0.25) is 14.7 Å². The van der Waals surface area contributed by atoms with Gasteiger partial charge in [-0.15, -0.1) is 0 Å². The van der Waals surface area contributed by atoms with Crippen molar-refractivity contribution in [2.24, 2.45) is 28.1 Å². The summed E-state index contributed by atoms with van der Waals surface area (Å²) in [6, 6.07) is 0. The minimum atomic E-state index is 0.403. The summed E-state index contributed by atoms with van der Waals surface area (Å²) >= 11 is 0. The molecular formula is C59H121N5O. The Morgan fingerprint density at radius 3 is 1.17 bits per heavy atom. The second-order valence-electron chi connectivity index (χ2n) is 27.2. The van der Waals surface area contributed by atoms with Crippen LogP contribution in [0, 0.1) is 28.1 Å². The predicted octanol–water partition coefficient (Wildman–Crippen LogP) is 15.2. The van der Waals surface area contributed by atoms with Crippen LogP contribution in [0.25, 0.3) is 0 Å². The number of piperidine rings is 2. The van der Waals surface area contributed by atoms with Crippen LogP contribution in [0.1, 0.15) is 240 Å². The molecule has 1 saturated carbocycles. The first-order valence-electron chi connectivity index (χ1n) is 27.9. The van der Waals surface area contributed by atoms with E-state index in [4.69, 9.17) is 4.74 Å². The van der Waals surface area contributed by atoms with Crippen LogP contribution in [0.3, 0.4) is 0 Å². The number of likely N-dealkylation sites (tertiary alicyclic amines) is 3. The fourth-order valence-corrected chi connectivity index (χ4v) is 9.80. The second kappa shape index (κ2) is 31.0. The third-order valence-electron chi connectivity index (χ3n) is 15.2. The number of allylic oxidation sites excluding steroid dienone is 2. The van der Waals surface area contributed by atoms with E-state index in [2.05, 4.69) is 163 Å². The molecule has 6 fully saturated rings. The van der Waals surface area contributed by atoms with E-state index in [1.807, 2.05) is 0 Å². The van der Waals surface area contributed by atoms with Crippen molar-refractivity contribution in [1.29, 1.82) is 0 Å². The Kier molecular flexibility index (Phi) is 29.8. The number of ether oxygens (including phenoxy) is 1. The van der Waals surface area contributed by atoms with Gasteiger partial charge < -0.3 is 15.0 Å². The summed E-state index contributed by atoms with van der Waals surface area (Å²) in [5.74, 6) is 1.79. The molecule has 0 bridgehead atoms. The summed E-state index contributed by atoms with van der Waals surface area (Å²) in [6.07, 6.45) is 27.7. The Bertz CT molecular complexity index is 1100. The van der Waals surface area contributed by atoms with Crippen molar-refractivity contribution < 1.29 is 4.74 Å². The van der Waals surface area contributed by atoms with E-state index in [-0.39, 0.29) is 0 Å². The van der Waals surface area contributed by atoms with Gasteiger partial charge in [0.1, 0.15) is 0 Å². The maximum Gasteiger partial charge on any atom is 0.0500 e. The minimum Gasteiger partial charge on any atom is -0.381 e. The molecule has 1 unspecified atom stereocenters. The van der Waals surface area contributed by atoms with Gasteiger partial charge in [0.15, 0.2) is 0 Å². The molecule has 7 aliphatic rings. The molecule has 5 saturated heterocycles. The zero-order valence-electron chi connectivity index (χ0n) is 48.1. The smallest absolute Gasteiger partial charge is 0.0500 e. The van der Waals surface area contributed by atoms with Crippen LogP contribution in [0.5, 0.6) is 0 Å². The van der Waals surface area contributed by atoms with Crippen LogP contribution in [-0.2, 0) is 4.74 Å². The number of nitrogens with one attached hydrogen (secondary N) is 1. The molecule has 388 valence electrons. The highest BCUT2D eigenvalue weighted by molar-refractivity contribution is 5.12. The Hall–Kier alpha value is -0.500. The number of hydrogen-bond donors (Lipinski definition) is 1. The van der Waals surface area contributed by atoms with Gasteiger partial charge in [-0.25, -0.2) is 0 Å². The molecule has 0 aromatic carbocycles. The molecule has 6 nitrogen and oxygen atoms in total. The normalized spacial score (nSPS) is 23.7. The van der Waals surface area contributed by atoms with Crippen molar-refractivity contribution in [2.75, 3.05) is 85.7 Å². The van der Waals surface area contributed by atoms with Gasteiger partial charge in [0.2, 0.25) is 0 Å². The van der Waals surface area contributed by atoms with E-state index >= 15 is 0 Å². The number of hydrogen-bond acceptors (Lipinski definition) is 6. The fourth-order valence-electron chi connectivity index (χ4n) is 9.80. The van der Waals surface area contributed by atoms with Crippen LogP contribution in [0.15, 0.2) is 11.6 Å². The SMILES string of the molecule is CC(C)(C)C1=CCCCC1.CC(C)(C)C1CCCCC1.CC(C)(C)C1CCOC1.CC(C)(C)N1CCC1.CC(C)(C)N1CCCCC1.CC(C)(C)N1CCCCC1.CN1CCCNCC1. The number of nitrogens with zero attached hydrogens (tertiary/aromatic N) is 4. The van der Waals surface area contributed by atoms with Gasteiger partial charge in [0.05, 0.1) is 0 Å². The first-order valence-corrected chi connectivity index (χ1v) is 27.9. The lowest BCUT2D eigenvalue weighted by atomic mass is 9.72. The molecular weight excluding hydrogens is 795 g/mol. The molecule has 6 heteroatoms. The van der Waals surface area contributed by atoms with E-state index in [1.54, 1.807) is 5.57 Å². The van der Waals surface area contributed by atoms with Gasteiger partial charge in [0.25, 0.3) is 0 Å². The number of rotatable bonds is 0. The average Bonchev–Trinajstić information content (AvgIpc) is 3.67. The molecule has 5 aliphatic heterocycles. The summed E-state index contributed by atoms with van der Waals surface area (Å²) in [5.41, 5.74) is 4.36. The molecule has 7 rings (SSSR count). The molecule has 0 amide bonds. The topological polar surface area (TPSA) is 34.2 Å². The molecule has 65 heavy (non-hydrogen) atoms. The summed E-state index contributed by atoms with van der Waals surface area (Å²) in [4.78, 5) is 10.0. The van der Waals surface area contributed by atoms with Crippen LogP contribution in [0.2, 0.25) is 0 Å². The predicted molar refractivity (Wildman–Crippen MR) is 292 cm³/mol. The van der Waals surface area contributed by atoms with Crippen LogP contribution in [0.4, 0.5) is 0 Å². The number of likely N-dealkylation sites (N-methyl/N-ethyl adjacent to an activating group) is 1. The first-order chi connectivity index (χ1) is 30.0. The molecule has 1 atom stereocenters. The Morgan fingerprint density at radius 2 is 0.892 bits per heavy atom. The summed E-state index contributed by atoms with van der Waals surface area (Å²) in [7, 11) is 2.17. The van der Waals surface area contributed by atoms with Crippen molar-refractivity contribution in [3.63, 3.8) is 0 Å². The largest absolute Gasteiger partial charge is 0.381 e. The van der Waals surface area contributed by atoms with Crippen LogP contribution in [-0.4, -0.2) is 122 Å². The second-order valence-corrected chi connectivity index (χ2v) is 27.2. The third kappa shape index (κ3) is 30.0. The summed E-state index contributed by atoms with van der Waals surface area (Å²) < 4.78 is 5.28. The van der Waals surface area contributed by atoms with Crippen molar-refractivity contribution in [1.82, 2.24) is 24.9 Å². The van der Waals surface area contributed by atoms with Crippen molar-refractivity contribution in [3.8, 4) is 0 Å². The quantitative estimate of drug-likeness (QED) is 0.244. The van der Waals surface area contributed by atoms with Crippen molar-refractivity contribution >= 4 is 0 Å². The summed E-state index contributed by atoms with van der Waals surface area (Å²) in [5, 5.41) is 3.34. The Balaban J connectivity index is 0.000000380. The maximum absolute atomic E-state index is 5.28. The molecule has 2 aliphatic carbocycles. The highest BCUT2D eigenvalue weighted by Gasteiger charge is 2.29. The van der Waals surface area contributed by atoms with E-state index < -0.39 is 0 Å². The lowest BCUT2D eigenvalue weighted by molar-refractivity contribution is 0.0690.